The molecule has 1 aromatic carbocycles. The first-order valence-electron chi connectivity index (χ1n) is 7.01. The largest absolute Gasteiger partial charge is 0.384 e. The standard InChI is InChI=1S/C16H20N4OS/c1-9-5-6-13(10(2)7-9)19-15(21)12(4)22-16-18-11(3)8-14(17)20-16/h5-8,12H,1-4H3,(H,19,21)(H2,17,18,20). The van der Waals surface area contributed by atoms with Gasteiger partial charge in [0.05, 0.1) is 5.25 Å². The number of benzene rings is 1. The van der Waals surface area contributed by atoms with Gasteiger partial charge in [-0.15, -0.1) is 0 Å². The molecule has 0 saturated carbocycles. The van der Waals surface area contributed by atoms with Crippen molar-refractivity contribution < 1.29 is 4.79 Å². The molecular formula is C16H20N4OS. The second-order valence-electron chi connectivity index (χ2n) is 5.28. The zero-order valence-corrected chi connectivity index (χ0v) is 14.0. The van der Waals surface area contributed by atoms with Gasteiger partial charge in [-0.05, 0) is 39.3 Å². The Balaban J connectivity index is 2.05. The van der Waals surface area contributed by atoms with Crippen molar-refractivity contribution in [2.24, 2.45) is 0 Å². The number of rotatable bonds is 4. The highest BCUT2D eigenvalue weighted by atomic mass is 32.2. The minimum absolute atomic E-state index is 0.0827. The van der Waals surface area contributed by atoms with Crippen LogP contribution in [0, 0.1) is 20.8 Å². The SMILES string of the molecule is Cc1ccc(NC(=O)C(C)Sc2nc(C)cc(N)n2)c(C)c1. The zero-order valence-electron chi connectivity index (χ0n) is 13.2. The van der Waals surface area contributed by atoms with Crippen LogP contribution in [0.2, 0.25) is 0 Å². The van der Waals surface area contributed by atoms with Crippen molar-refractivity contribution in [1.29, 1.82) is 0 Å². The minimum Gasteiger partial charge on any atom is -0.384 e. The molecule has 5 nitrogen and oxygen atoms in total. The van der Waals surface area contributed by atoms with Gasteiger partial charge in [-0.3, -0.25) is 4.79 Å². The smallest absolute Gasteiger partial charge is 0.237 e. The second kappa shape index (κ2) is 6.79. The fraction of sp³-hybridized carbons (Fsp3) is 0.312. The van der Waals surface area contributed by atoms with Gasteiger partial charge in [0.1, 0.15) is 5.82 Å². The Morgan fingerprint density at radius 2 is 1.95 bits per heavy atom. The van der Waals surface area contributed by atoms with Gasteiger partial charge < -0.3 is 11.1 Å². The van der Waals surface area contributed by atoms with E-state index in [2.05, 4.69) is 15.3 Å². The van der Waals surface area contributed by atoms with Gasteiger partial charge in [0.2, 0.25) is 5.91 Å². The van der Waals surface area contributed by atoms with Crippen LogP contribution in [0.3, 0.4) is 0 Å². The molecule has 3 N–H and O–H groups in total. The Kier molecular flexibility index (Phi) is 5.03. The number of carbonyl (C=O) groups excluding carboxylic acids is 1. The van der Waals surface area contributed by atoms with Crippen molar-refractivity contribution in [2.75, 3.05) is 11.1 Å². The molecule has 6 heteroatoms. The third-order valence-corrected chi connectivity index (χ3v) is 4.11. The molecule has 0 aliphatic rings. The third-order valence-electron chi connectivity index (χ3n) is 3.14. The van der Waals surface area contributed by atoms with E-state index >= 15 is 0 Å². The highest BCUT2D eigenvalue weighted by Gasteiger charge is 2.17. The number of nitrogen functional groups attached to an aromatic ring is 1. The summed E-state index contributed by atoms with van der Waals surface area (Å²) in [4.78, 5) is 20.7. The molecule has 0 spiro atoms. The topological polar surface area (TPSA) is 80.9 Å². The monoisotopic (exact) mass is 316 g/mol. The summed E-state index contributed by atoms with van der Waals surface area (Å²) in [5.74, 6) is 0.331. The number of hydrogen-bond acceptors (Lipinski definition) is 5. The van der Waals surface area contributed by atoms with Gasteiger partial charge in [0.25, 0.3) is 0 Å². The number of nitrogens with one attached hydrogen (secondary N) is 1. The molecule has 1 atom stereocenters. The molecule has 0 aliphatic carbocycles. The Morgan fingerprint density at radius 3 is 2.59 bits per heavy atom. The van der Waals surface area contributed by atoms with Gasteiger partial charge in [0, 0.05) is 17.4 Å². The number of nitrogens with two attached hydrogens (primary N) is 1. The lowest BCUT2D eigenvalue weighted by Gasteiger charge is -2.13. The molecule has 1 amide bonds. The normalized spacial score (nSPS) is 12.0. The van der Waals surface area contributed by atoms with E-state index < -0.39 is 0 Å². The molecule has 0 fully saturated rings. The maximum atomic E-state index is 12.3. The first-order valence-corrected chi connectivity index (χ1v) is 7.89. The first kappa shape index (κ1) is 16.3. The van der Waals surface area contributed by atoms with Crippen molar-refractivity contribution in [3.63, 3.8) is 0 Å². The van der Waals surface area contributed by atoms with Crippen LogP contribution in [-0.4, -0.2) is 21.1 Å². The summed E-state index contributed by atoms with van der Waals surface area (Å²) in [7, 11) is 0. The summed E-state index contributed by atoms with van der Waals surface area (Å²) in [5.41, 5.74) is 9.53. The maximum Gasteiger partial charge on any atom is 0.237 e. The molecule has 22 heavy (non-hydrogen) atoms. The summed E-state index contributed by atoms with van der Waals surface area (Å²) in [6.07, 6.45) is 0. The van der Waals surface area contributed by atoms with Gasteiger partial charge in [-0.2, -0.15) is 0 Å². The Morgan fingerprint density at radius 1 is 1.23 bits per heavy atom. The molecular weight excluding hydrogens is 296 g/mol. The van der Waals surface area contributed by atoms with Gasteiger partial charge in [0.15, 0.2) is 5.16 Å². The minimum atomic E-state index is -0.318. The quantitative estimate of drug-likeness (QED) is 0.669. The van der Waals surface area contributed by atoms with E-state index in [9.17, 15) is 4.79 Å². The summed E-state index contributed by atoms with van der Waals surface area (Å²) in [6, 6.07) is 7.63. The van der Waals surface area contributed by atoms with Crippen molar-refractivity contribution in [3.05, 3.63) is 41.1 Å². The summed E-state index contributed by atoms with van der Waals surface area (Å²) in [5, 5.41) is 3.14. The van der Waals surface area contributed by atoms with Crippen LogP contribution in [0.1, 0.15) is 23.7 Å². The molecule has 1 unspecified atom stereocenters. The van der Waals surface area contributed by atoms with Crippen molar-refractivity contribution in [3.8, 4) is 0 Å². The molecule has 0 saturated heterocycles. The van der Waals surface area contributed by atoms with Gasteiger partial charge in [-0.25, -0.2) is 9.97 Å². The highest BCUT2D eigenvalue weighted by Crippen LogP contribution is 2.23. The number of nitrogens with zero attached hydrogens (tertiary/aromatic N) is 2. The Bertz CT molecular complexity index is 682. The predicted molar refractivity (Wildman–Crippen MR) is 91.0 cm³/mol. The van der Waals surface area contributed by atoms with Crippen LogP contribution in [0.15, 0.2) is 29.4 Å². The number of aryl methyl sites for hydroxylation is 3. The Labute approximate surface area is 134 Å². The van der Waals surface area contributed by atoms with E-state index in [0.717, 1.165) is 16.9 Å². The van der Waals surface area contributed by atoms with E-state index in [1.807, 2.05) is 45.9 Å². The molecule has 2 rings (SSSR count). The molecule has 0 aliphatic heterocycles. The number of amides is 1. The van der Waals surface area contributed by atoms with E-state index in [-0.39, 0.29) is 11.2 Å². The number of hydrogen-bond donors (Lipinski definition) is 2. The second-order valence-corrected chi connectivity index (χ2v) is 6.59. The molecule has 116 valence electrons. The molecule has 0 bridgehead atoms. The number of carbonyl (C=O) groups is 1. The van der Waals surface area contributed by atoms with Crippen molar-refractivity contribution in [2.45, 2.75) is 38.1 Å². The Hall–Kier alpha value is -2.08. The number of thioether (sulfide) groups is 1. The first-order chi connectivity index (χ1) is 10.3. The summed E-state index contributed by atoms with van der Waals surface area (Å²) < 4.78 is 0. The molecule has 0 radical (unpaired) electrons. The van der Waals surface area contributed by atoms with Crippen molar-refractivity contribution >= 4 is 29.2 Å². The van der Waals surface area contributed by atoms with Crippen LogP contribution in [-0.2, 0) is 4.79 Å². The summed E-state index contributed by atoms with van der Waals surface area (Å²) >= 11 is 1.29. The van der Waals surface area contributed by atoms with Crippen LogP contribution in [0.25, 0.3) is 0 Å². The number of aromatic nitrogens is 2. The average Bonchev–Trinajstić information content (AvgIpc) is 2.40. The summed E-state index contributed by atoms with van der Waals surface area (Å²) in [6.45, 7) is 7.68. The highest BCUT2D eigenvalue weighted by molar-refractivity contribution is 8.00. The van der Waals surface area contributed by atoms with Gasteiger partial charge in [-0.1, -0.05) is 29.5 Å². The third kappa shape index (κ3) is 4.21. The van der Waals surface area contributed by atoms with E-state index in [4.69, 9.17) is 5.73 Å². The fourth-order valence-electron chi connectivity index (χ4n) is 2.02. The predicted octanol–water partition coefficient (Wildman–Crippen LogP) is 3.10. The van der Waals surface area contributed by atoms with E-state index in [1.165, 1.54) is 17.3 Å². The zero-order chi connectivity index (χ0) is 16.3. The lowest BCUT2D eigenvalue weighted by molar-refractivity contribution is -0.115. The van der Waals surface area contributed by atoms with E-state index in [0.29, 0.717) is 11.0 Å². The van der Waals surface area contributed by atoms with E-state index in [1.54, 1.807) is 6.07 Å². The lowest BCUT2D eigenvalue weighted by Crippen LogP contribution is -2.23. The van der Waals surface area contributed by atoms with Crippen LogP contribution < -0.4 is 11.1 Å². The average molecular weight is 316 g/mol. The van der Waals surface area contributed by atoms with Gasteiger partial charge >= 0.3 is 0 Å². The lowest BCUT2D eigenvalue weighted by atomic mass is 10.1. The fourth-order valence-corrected chi connectivity index (χ4v) is 2.85. The van der Waals surface area contributed by atoms with Crippen LogP contribution in [0.4, 0.5) is 11.5 Å². The molecule has 1 heterocycles. The molecule has 1 aromatic heterocycles. The molecule has 2 aromatic rings. The number of anilines is 2. The van der Waals surface area contributed by atoms with Crippen molar-refractivity contribution in [1.82, 2.24) is 9.97 Å². The van der Waals surface area contributed by atoms with Crippen LogP contribution in [0.5, 0.6) is 0 Å². The maximum absolute atomic E-state index is 12.3. The van der Waals surface area contributed by atoms with Crippen LogP contribution >= 0.6 is 11.8 Å².